The van der Waals surface area contributed by atoms with Gasteiger partial charge in [-0.3, -0.25) is 0 Å². The summed E-state index contributed by atoms with van der Waals surface area (Å²) in [6, 6.07) is 13.8. The molecule has 5 heteroatoms. The van der Waals surface area contributed by atoms with Crippen LogP contribution in [-0.2, 0) is 0 Å². The lowest BCUT2D eigenvalue weighted by atomic mass is 10.2. The Kier molecular flexibility index (Phi) is 3.61. The van der Waals surface area contributed by atoms with E-state index in [2.05, 4.69) is 33.0 Å². The number of pyridine rings is 1. The van der Waals surface area contributed by atoms with E-state index in [1.165, 1.54) is 5.69 Å². The van der Waals surface area contributed by atoms with Crippen molar-refractivity contribution in [2.45, 2.75) is 0 Å². The molecule has 0 atom stereocenters. The molecule has 21 heavy (non-hydrogen) atoms. The van der Waals surface area contributed by atoms with Crippen molar-refractivity contribution in [3.63, 3.8) is 0 Å². The minimum Gasteiger partial charge on any atom is -0.399 e. The standard InChI is InChI=1S/C16H17N5/c17-11-13-1-6-16(19-12-13)21-9-7-20(8-10-21)15-4-2-14(18)3-5-15/h1-6,12H,7-10,18H2. The molecular weight excluding hydrogens is 262 g/mol. The number of nitriles is 1. The third-order valence-corrected chi connectivity index (χ3v) is 3.74. The summed E-state index contributed by atoms with van der Waals surface area (Å²) >= 11 is 0. The minimum absolute atomic E-state index is 0.597. The lowest BCUT2D eigenvalue weighted by Gasteiger charge is -2.36. The monoisotopic (exact) mass is 279 g/mol. The van der Waals surface area contributed by atoms with E-state index in [-0.39, 0.29) is 0 Å². The first-order valence-electron chi connectivity index (χ1n) is 6.98. The Hall–Kier alpha value is -2.74. The van der Waals surface area contributed by atoms with Crippen LogP contribution in [0.5, 0.6) is 0 Å². The smallest absolute Gasteiger partial charge is 0.128 e. The molecular formula is C16H17N5. The summed E-state index contributed by atoms with van der Waals surface area (Å²) in [5.41, 5.74) is 8.31. The Morgan fingerprint density at radius 1 is 0.952 bits per heavy atom. The fraction of sp³-hybridized carbons (Fsp3) is 0.250. The Morgan fingerprint density at radius 3 is 2.19 bits per heavy atom. The van der Waals surface area contributed by atoms with E-state index in [1.54, 1.807) is 6.20 Å². The predicted molar refractivity (Wildman–Crippen MR) is 84.2 cm³/mol. The molecule has 1 saturated heterocycles. The third kappa shape index (κ3) is 2.90. The van der Waals surface area contributed by atoms with E-state index in [0.717, 1.165) is 37.7 Å². The number of piperazine rings is 1. The lowest BCUT2D eigenvalue weighted by Crippen LogP contribution is -2.46. The van der Waals surface area contributed by atoms with Crippen molar-refractivity contribution in [1.82, 2.24) is 4.98 Å². The first-order valence-corrected chi connectivity index (χ1v) is 6.98. The molecule has 0 saturated carbocycles. The predicted octanol–water partition coefficient (Wildman–Crippen LogP) is 1.86. The van der Waals surface area contributed by atoms with Crippen molar-refractivity contribution in [3.05, 3.63) is 48.2 Å². The number of nitrogens with zero attached hydrogens (tertiary/aromatic N) is 4. The average Bonchev–Trinajstić information content (AvgIpc) is 2.56. The Morgan fingerprint density at radius 2 is 1.62 bits per heavy atom. The largest absolute Gasteiger partial charge is 0.399 e. The number of hydrogen-bond donors (Lipinski definition) is 1. The zero-order valence-corrected chi connectivity index (χ0v) is 11.7. The van der Waals surface area contributed by atoms with E-state index in [9.17, 15) is 0 Å². The number of hydrogen-bond acceptors (Lipinski definition) is 5. The van der Waals surface area contributed by atoms with E-state index in [1.807, 2.05) is 24.3 Å². The highest BCUT2D eigenvalue weighted by Crippen LogP contribution is 2.20. The molecule has 2 heterocycles. The fourth-order valence-corrected chi connectivity index (χ4v) is 2.52. The van der Waals surface area contributed by atoms with Gasteiger partial charge in [0.25, 0.3) is 0 Å². The van der Waals surface area contributed by atoms with Gasteiger partial charge in [-0.2, -0.15) is 5.26 Å². The molecule has 1 fully saturated rings. The number of anilines is 3. The van der Waals surface area contributed by atoms with Gasteiger partial charge in [0.2, 0.25) is 0 Å². The summed E-state index contributed by atoms with van der Waals surface area (Å²) in [7, 11) is 0. The van der Waals surface area contributed by atoms with Crippen LogP contribution in [0.2, 0.25) is 0 Å². The molecule has 1 aromatic carbocycles. The Bertz CT molecular complexity index is 634. The summed E-state index contributed by atoms with van der Waals surface area (Å²) in [5, 5.41) is 8.80. The van der Waals surface area contributed by atoms with Crippen LogP contribution in [0.25, 0.3) is 0 Å². The summed E-state index contributed by atoms with van der Waals surface area (Å²) in [6.07, 6.45) is 1.63. The van der Waals surface area contributed by atoms with Crippen LogP contribution >= 0.6 is 0 Å². The van der Waals surface area contributed by atoms with Crippen LogP contribution in [0.4, 0.5) is 17.2 Å². The molecule has 0 amide bonds. The second-order valence-corrected chi connectivity index (χ2v) is 5.08. The molecule has 0 bridgehead atoms. The van der Waals surface area contributed by atoms with Gasteiger partial charge in [0.05, 0.1) is 5.56 Å². The first-order chi connectivity index (χ1) is 10.3. The highest BCUT2D eigenvalue weighted by atomic mass is 15.3. The van der Waals surface area contributed by atoms with Crippen LogP contribution in [-0.4, -0.2) is 31.2 Å². The normalized spacial score (nSPS) is 14.8. The highest BCUT2D eigenvalue weighted by molar-refractivity contribution is 5.54. The van der Waals surface area contributed by atoms with Gasteiger partial charge in [0.15, 0.2) is 0 Å². The number of benzene rings is 1. The van der Waals surface area contributed by atoms with E-state index in [0.29, 0.717) is 5.56 Å². The first kappa shape index (κ1) is 13.3. The molecule has 0 aliphatic carbocycles. The molecule has 1 aliphatic rings. The summed E-state index contributed by atoms with van der Waals surface area (Å²) in [4.78, 5) is 8.94. The summed E-state index contributed by atoms with van der Waals surface area (Å²) in [5.74, 6) is 0.936. The highest BCUT2D eigenvalue weighted by Gasteiger charge is 2.18. The number of rotatable bonds is 2. The number of nitrogen functional groups attached to an aromatic ring is 1. The average molecular weight is 279 g/mol. The SMILES string of the molecule is N#Cc1ccc(N2CCN(c3ccc(N)cc3)CC2)nc1. The molecule has 1 aliphatic heterocycles. The van der Waals surface area contributed by atoms with Crippen molar-refractivity contribution in [3.8, 4) is 6.07 Å². The lowest BCUT2D eigenvalue weighted by molar-refractivity contribution is 0.647. The Labute approximate surface area is 124 Å². The summed E-state index contributed by atoms with van der Waals surface area (Å²) < 4.78 is 0. The maximum Gasteiger partial charge on any atom is 0.128 e. The fourth-order valence-electron chi connectivity index (χ4n) is 2.52. The van der Waals surface area contributed by atoms with Gasteiger partial charge in [0.1, 0.15) is 11.9 Å². The third-order valence-electron chi connectivity index (χ3n) is 3.74. The van der Waals surface area contributed by atoms with Crippen molar-refractivity contribution >= 4 is 17.2 Å². The van der Waals surface area contributed by atoms with Gasteiger partial charge < -0.3 is 15.5 Å². The minimum atomic E-state index is 0.597. The molecule has 2 aromatic rings. The second-order valence-electron chi connectivity index (χ2n) is 5.08. The van der Waals surface area contributed by atoms with Crippen molar-refractivity contribution in [1.29, 1.82) is 5.26 Å². The maximum atomic E-state index is 8.80. The van der Waals surface area contributed by atoms with Gasteiger partial charge in [-0.15, -0.1) is 0 Å². The Balaban J connectivity index is 1.64. The van der Waals surface area contributed by atoms with Crippen LogP contribution in [0.3, 0.4) is 0 Å². The molecule has 0 radical (unpaired) electrons. The van der Waals surface area contributed by atoms with E-state index < -0.39 is 0 Å². The zero-order chi connectivity index (χ0) is 14.7. The molecule has 2 N–H and O–H groups in total. The van der Waals surface area contributed by atoms with Crippen LogP contribution < -0.4 is 15.5 Å². The zero-order valence-electron chi connectivity index (χ0n) is 11.7. The number of aromatic nitrogens is 1. The molecule has 0 unspecified atom stereocenters. The van der Waals surface area contributed by atoms with Gasteiger partial charge in [-0.1, -0.05) is 0 Å². The van der Waals surface area contributed by atoms with Gasteiger partial charge >= 0.3 is 0 Å². The van der Waals surface area contributed by atoms with Crippen molar-refractivity contribution in [2.24, 2.45) is 0 Å². The molecule has 5 nitrogen and oxygen atoms in total. The van der Waals surface area contributed by atoms with E-state index in [4.69, 9.17) is 11.0 Å². The quantitative estimate of drug-likeness (QED) is 0.850. The van der Waals surface area contributed by atoms with Crippen LogP contribution in [0.15, 0.2) is 42.6 Å². The van der Waals surface area contributed by atoms with Crippen molar-refractivity contribution in [2.75, 3.05) is 41.7 Å². The van der Waals surface area contributed by atoms with Crippen LogP contribution in [0.1, 0.15) is 5.56 Å². The van der Waals surface area contributed by atoms with Crippen LogP contribution in [0, 0.1) is 11.3 Å². The maximum absolute atomic E-state index is 8.80. The second kappa shape index (κ2) is 5.71. The molecule has 0 spiro atoms. The molecule has 106 valence electrons. The van der Waals surface area contributed by atoms with Gasteiger partial charge in [-0.05, 0) is 36.4 Å². The number of nitrogens with two attached hydrogens (primary N) is 1. The molecule has 1 aromatic heterocycles. The van der Waals surface area contributed by atoms with E-state index >= 15 is 0 Å². The molecule has 3 rings (SSSR count). The van der Waals surface area contributed by atoms with Gasteiger partial charge in [-0.25, -0.2) is 4.98 Å². The summed E-state index contributed by atoms with van der Waals surface area (Å²) in [6.45, 7) is 3.74. The topological polar surface area (TPSA) is 69.2 Å². The van der Waals surface area contributed by atoms with Gasteiger partial charge in [0, 0.05) is 43.8 Å². The van der Waals surface area contributed by atoms with Crippen molar-refractivity contribution < 1.29 is 0 Å².